The second-order valence-corrected chi connectivity index (χ2v) is 7.42. The van der Waals surface area contributed by atoms with Gasteiger partial charge < -0.3 is 20.7 Å². The van der Waals surface area contributed by atoms with Gasteiger partial charge in [-0.1, -0.05) is 6.58 Å². The third-order valence-electron chi connectivity index (χ3n) is 4.29. The highest BCUT2D eigenvalue weighted by atomic mass is 19.1. The van der Waals surface area contributed by atoms with Crippen LogP contribution in [0.1, 0.15) is 32.8 Å². The van der Waals surface area contributed by atoms with Crippen LogP contribution in [0.4, 0.5) is 30.6 Å². The lowest BCUT2D eigenvalue weighted by Crippen LogP contribution is -2.32. The molecule has 2 aromatic carbocycles. The van der Waals surface area contributed by atoms with Crippen molar-refractivity contribution >= 4 is 35.0 Å². The summed E-state index contributed by atoms with van der Waals surface area (Å²) in [5.41, 5.74) is 0.818. The Hall–Kier alpha value is -3.42. The number of carbonyl (C=O) groups excluding carboxylic acids is 1. The highest BCUT2D eigenvalue weighted by molar-refractivity contribution is 5.90. The molecule has 0 radical (unpaired) electrons. The van der Waals surface area contributed by atoms with E-state index in [1.807, 2.05) is 0 Å². The maximum Gasteiger partial charge on any atom is 0.319 e. The molecule has 6 nitrogen and oxygen atoms in total. The zero-order chi connectivity index (χ0) is 23.0. The van der Waals surface area contributed by atoms with E-state index in [9.17, 15) is 13.6 Å². The Kier molecular flexibility index (Phi) is 8.13. The summed E-state index contributed by atoms with van der Waals surface area (Å²) in [7, 11) is 1.46. The van der Waals surface area contributed by atoms with Crippen LogP contribution in [-0.2, 0) is 0 Å². The summed E-state index contributed by atoms with van der Waals surface area (Å²) in [5, 5.41) is 8.32. The molecule has 0 aliphatic carbocycles. The van der Waals surface area contributed by atoms with Gasteiger partial charge in [0.05, 0.1) is 18.4 Å². The number of hydrogen-bond acceptors (Lipinski definition) is 4. The summed E-state index contributed by atoms with van der Waals surface area (Å²) in [5.74, 6) is -0.151. The second-order valence-electron chi connectivity index (χ2n) is 7.42. The normalized spacial score (nSPS) is 11.3. The van der Waals surface area contributed by atoms with E-state index >= 15 is 0 Å². The zero-order valence-electron chi connectivity index (χ0n) is 18.2. The second kappa shape index (κ2) is 10.6. The fourth-order valence-corrected chi connectivity index (χ4v) is 2.75. The number of aliphatic imine (C=N–C) groups is 1. The Morgan fingerprint density at radius 1 is 1.19 bits per heavy atom. The number of rotatable bonds is 9. The van der Waals surface area contributed by atoms with Crippen LogP contribution < -0.4 is 20.7 Å². The summed E-state index contributed by atoms with van der Waals surface area (Å²) in [6, 6.07) is 9.28. The first-order valence-corrected chi connectivity index (χ1v) is 9.79. The van der Waals surface area contributed by atoms with Gasteiger partial charge in [-0.15, -0.1) is 0 Å². The van der Waals surface area contributed by atoms with Crippen molar-refractivity contribution in [1.29, 1.82) is 0 Å². The van der Waals surface area contributed by atoms with Gasteiger partial charge in [0.1, 0.15) is 17.2 Å². The number of anilines is 2. The van der Waals surface area contributed by atoms with Crippen molar-refractivity contribution in [3.05, 3.63) is 54.4 Å². The molecule has 0 unspecified atom stereocenters. The van der Waals surface area contributed by atoms with Crippen LogP contribution >= 0.6 is 0 Å². The standard InChI is InChI=1S/C23H28F2N4O2/c1-6-26-20-14-18(31-5)13-19(24)21(20)15(2)28-16-7-9-17(10-8-16)29-22(30)27-12-11-23(3,4)25/h6-10,13-14,28H,2,11-12H2,1,3-5H3,(H2,27,29,30). The molecular formula is C23H28F2N4O2. The Bertz CT molecular complexity index is 951. The Labute approximate surface area is 181 Å². The number of benzene rings is 2. The van der Waals surface area contributed by atoms with Crippen molar-refractivity contribution < 1.29 is 18.3 Å². The molecule has 0 aliphatic heterocycles. The van der Waals surface area contributed by atoms with Crippen LogP contribution in [0.25, 0.3) is 5.70 Å². The first-order valence-electron chi connectivity index (χ1n) is 9.79. The average molecular weight is 430 g/mol. The van der Waals surface area contributed by atoms with E-state index in [2.05, 4.69) is 27.5 Å². The summed E-state index contributed by atoms with van der Waals surface area (Å²) in [6.45, 7) is 8.81. The molecule has 2 amide bonds. The summed E-state index contributed by atoms with van der Waals surface area (Å²) < 4.78 is 33.2. The molecule has 2 rings (SSSR count). The number of hydrogen-bond donors (Lipinski definition) is 3. The molecule has 0 aliphatic rings. The molecule has 0 atom stereocenters. The van der Waals surface area contributed by atoms with E-state index in [4.69, 9.17) is 4.74 Å². The van der Waals surface area contributed by atoms with Crippen molar-refractivity contribution in [1.82, 2.24) is 5.32 Å². The van der Waals surface area contributed by atoms with Gasteiger partial charge in [0.15, 0.2) is 0 Å². The van der Waals surface area contributed by atoms with Crippen LogP contribution in [0, 0.1) is 5.82 Å². The molecule has 0 saturated carbocycles. The fraction of sp³-hybridized carbons (Fsp3) is 0.304. The molecule has 0 heterocycles. The van der Waals surface area contributed by atoms with Crippen LogP contribution in [0.15, 0.2) is 48.0 Å². The Balaban J connectivity index is 2.03. The predicted octanol–water partition coefficient (Wildman–Crippen LogP) is 5.90. The topological polar surface area (TPSA) is 74.8 Å². The maximum absolute atomic E-state index is 14.6. The van der Waals surface area contributed by atoms with Gasteiger partial charge in [0.25, 0.3) is 0 Å². The number of halogens is 2. The number of nitrogens with zero attached hydrogens (tertiary/aromatic N) is 1. The molecule has 0 bridgehead atoms. The number of alkyl halides is 1. The highest BCUT2D eigenvalue weighted by Crippen LogP contribution is 2.33. The van der Waals surface area contributed by atoms with Crippen molar-refractivity contribution in [3.63, 3.8) is 0 Å². The molecule has 0 saturated heterocycles. The maximum atomic E-state index is 14.6. The van der Waals surface area contributed by atoms with Gasteiger partial charge in [-0.05, 0) is 51.5 Å². The fourth-order valence-electron chi connectivity index (χ4n) is 2.75. The van der Waals surface area contributed by atoms with Crippen molar-refractivity contribution in [2.75, 3.05) is 24.3 Å². The Morgan fingerprint density at radius 2 is 1.81 bits per heavy atom. The van der Waals surface area contributed by atoms with E-state index in [-0.39, 0.29) is 18.5 Å². The van der Waals surface area contributed by atoms with Crippen molar-refractivity contribution in [3.8, 4) is 5.75 Å². The number of amides is 2. The van der Waals surface area contributed by atoms with Gasteiger partial charge >= 0.3 is 6.03 Å². The monoisotopic (exact) mass is 430 g/mol. The predicted molar refractivity (Wildman–Crippen MR) is 123 cm³/mol. The minimum atomic E-state index is -1.34. The first-order chi connectivity index (χ1) is 14.6. The largest absolute Gasteiger partial charge is 0.497 e. The van der Waals surface area contributed by atoms with Crippen LogP contribution in [0.2, 0.25) is 0 Å². The number of urea groups is 1. The summed E-state index contributed by atoms with van der Waals surface area (Å²) >= 11 is 0. The van der Waals surface area contributed by atoms with E-state index in [0.717, 1.165) is 0 Å². The van der Waals surface area contributed by atoms with Crippen molar-refractivity contribution in [2.24, 2.45) is 4.99 Å². The lowest BCUT2D eigenvalue weighted by molar-refractivity contribution is 0.200. The third kappa shape index (κ3) is 7.40. The van der Waals surface area contributed by atoms with E-state index in [1.54, 1.807) is 43.5 Å². The highest BCUT2D eigenvalue weighted by Gasteiger charge is 2.16. The first kappa shape index (κ1) is 23.9. The van der Waals surface area contributed by atoms with Gasteiger partial charge in [-0.2, -0.15) is 0 Å². The molecule has 0 spiro atoms. The quantitative estimate of drug-likeness (QED) is 0.434. The smallest absolute Gasteiger partial charge is 0.319 e. The molecule has 31 heavy (non-hydrogen) atoms. The number of methoxy groups -OCH3 is 1. The van der Waals surface area contributed by atoms with Crippen LogP contribution in [0.3, 0.4) is 0 Å². The molecular weight excluding hydrogens is 402 g/mol. The minimum absolute atomic E-state index is 0.220. The van der Waals surface area contributed by atoms with Gasteiger partial charge in [-0.25, -0.2) is 13.6 Å². The average Bonchev–Trinajstić information content (AvgIpc) is 2.68. The summed E-state index contributed by atoms with van der Waals surface area (Å²) in [4.78, 5) is 16.1. The van der Waals surface area contributed by atoms with Crippen LogP contribution in [0.5, 0.6) is 5.75 Å². The number of carbonyl (C=O) groups is 1. The SMILES string of the molecule is C=C(Nc1ccc(NC(=O)NCCC(C)(C)F)cc1)c1c(F)cc(OC)cc1N=CC. The van der Waals surface area contributed by atoms with E-state index in [0.29, 0.717) is 28.5 Å². The molecule has 3 N–H and O–H groups in total. The molecule has 2 aromatic rings. The molecule has 8 heteroatoms. The lowest BCUT2D eigenvalue weighted by Gasteiger charge is -2.15. The Morgan fingerprint density at radius 3 is 2.35 bits per heavy atom. The van der Waals surface area contributed by atoms with E-state index in [1.165, 1.54) is 27.0 Å². The van der Waals surface area contributed by atoms with Crippen molar-refractivity contribution in [2.45, 2.75) is 32.9 Å². The number of nitrogens with one attached hydrogen (secondary N) is 3. The third-order valence-corrected chi connectivity index (χ3v) is 4.29. The number of ether oxygens (including phenoxy) is 1. The summed E-state index contributed by atoms with van der Waals surface area (Å²) in [6.07, 6.45) is 1.78. The molecule has 166 valence electrons. The van der Waals surface area contributed by atoms with Crippen LogP contribution in [-0.4, -0.2) is 31.6 Å². The van der Waals surface area contributed by atoms with Gasteiger partial charge in [0, 0.05) is 42.0 Å². The van der Waals surface area contributed by atoms with Gasteiger partial charge in [0.2, 0.25) is 0 Å². The minimum Gasteiger partial charge on any atom is -0.497 e. The van der Waals surface area contributed by atoms with E-state index < -0.39 is 17.5 Å². The van der Waals surface area contributed by atoms with Gasteiger partial charge in [-0.3, -0.25) is 4.99 Å². The molecule has 0 fully saturated rings. The zero-order valence-corrected chi connectivity index (χ0v) is 18.2. The molecule has 0 aromatic heterocycles. The lowest BCUT2D eigenvalue weighted by atomic mass is 10.1.